The number of ether oxygens (including phenoxy) is 1. The Bertz CT molecular complexity index is 767. The first-order chi connectivity index (χ1) is 10.5. The second-order valence-electron chi connectivity index (χ2n) is 4.70. The number of hydrogen-bond donors (Lipinski definition) is 1. The molecule has 0 bridgehead atoms. The lowest BCUT2D eigenvalue weighted by molar-refractivity contribution is -0.136. The third-order valence-electron chi connectivity index (χ3n) is 3.34. The molecule has 112 valence electrons. The fourth-order valence-electron chi connectivity index (χ4n) is 2.20. The fraction of sp³-hybridized carbons (Fsp3) is 0.188. The summed E-state index contributed by atoms with van der Waals surface area (Å²) in [5, 5.41) is 17.7. The summed E-state index contributed by atoms with van der Waals surface area (Å²) in [6, 6.07) is 9.76. The molecule has 6 heteroatoms. The molecule has 2 aromatic rings. The minimum atomic E-state index is -0.986. The fourth-order valence-corrected chi connectivity index (χ4v) is 2.20. The van der Waals surface area contributed by atoms with Crippen molar-refractivity contribution in [2.45, 2.75) is 6.42 Å². The number of ketones is 1. The van der Waals surface area contributed by atoms with Crippen molar-refractivity contribution in [1.29, 1.82) is 5.26 Å². The van der Waals surface area contributed by atoms with E-state index in [1.54, 1.807) is 37.4 Å². The average Bonchev–Trinajstić information content (AvgIpc) is 2.82. The van der Waals surface area contributed by atoms with Gasteiger partial charge in [-0.3, -0.25) is 9.59 Å². The third-order valence-corrected chi connectivity index (χ3v) is 3.34. The number of aliphatic carboxylic acids is 1. The molecule has 0 unspecified atom stereocenters. The summed E-state index contributed by atoms with van der Waals surface area (Å²) in [5.41, 5.74) is 1.62. The number of methoxy groups -OCH3 is 1. The van der Waals surface area contributed by atoms with Gasteiger partial charge in [0.15, 0.2) is 0 Å². The Morgan fingerprint density at radius 3 is 2.45 bits per heavy atom. The lowest BCUT2D eigenvalue weighted by Gasteiger charge is -2.07. The van der Waals surface area contributed by atoms with E-state index >= 15 is 0 Å². The van der Waals surface area contributed by atoms with Crippen LogP contribution in [0.5, 0.6) is 5.75 Å². The van der Waals surface area contributed by atoms with Crippen molar-refractivity contribution in [3.63, 3.8) is 0 Å². The van der Waals surface area contributed by atoms with E-state index in [-0.39, 0.29) is 17.9 Å². The highest BCUT2D eigenvalue weighted by atomic mass is 16.5. The summed E-state index contributed by atoms with van der Waals surface area (Å²) in [6.07, 6.45) is -0.201. The zero-order valence-electron chi connectivity index (χ0n) is 12.2. The molecule has 0 radical (unpaired) electrons. The summed E-state index contributed by atoms with van der Waals surface area (Å²) in [6.45, 7) is 0. The molecule has 1 aromatic carbocycles. The van der Waals surface area contributed by atoms with E-state index in [2.05, 4.69) is 0 Å². The first-order valence-electron chi connectivity index (χ1n) is 6.47. The summed E-state index contributed by atoms with van der Waals surface area (Å²) in [4.78, 5) is 23.5. The van der Waals surface area contributed by atoms with Crippen molar-refractivity contribution in [3.05, 3.63) is 52.8 Å². The van der Waals surface area contributed by atoms with Crippen LogP contribution in [0.25, 0.3) is 0 Å². The molecule has 1 aromatic heterocycles. The largest absolute Gasteiger partial charge is 0.494 e. The zero-order chi connectivity index (χ0) is 16.3. The van der Waals surface area contributed by atoms with Gasteiger partial charge >= 0.3 is 5.97 Å². The van der Waals surface area contributed by atoms with Crippen molar-refractivity contribution in [2.75, 3.05) is 7.11 Å². The second-order valence-corrected chi connectivity index (χ2v) is 4.70. The van der Waals surface area contributed by atoms with Crippen LogP contribution in [-0.2, 0) is 18.3 Å². The van der Waals surface area contributed by atoms with E-state index in [4.69, 9.17) is 15.1 Å². The molecule has 0 amide bonds. The van der Waals surface area contributed by atoms with Crippen LogP contribution in [0, 0.1) is 11.3 Å². The number of nitriles is 1. The summed E-state index contributed by atoms with van der Waals surface area (Å²) in [5.74, 6) is -0.950. The third kappa shape index (κ3) is 2.83. The molecule has 0 aliphatic carbocycles. The van der Waals surface area contributed by atoms with Crippen molar-refractivity contribution in [3.8, 4) is 11.8 Å². The van der Waals surface area contributed by atoms with Crippen LogP contribution in [0.3, 0.4) is 0 Å². The van der Waals surface area contributed by atoms with Crippen LogP contribution in [0.1, 0.15) is 27.3 Å². The van der Waals surface area contributed by atoms with Crippen molar-refractivity contribution < 1.29 is 19.4 Å². The first kappa shape index (κ1) is 15.3. The van der Waals surface area contributed by atoms with Gasteiger partial charge in [-0.2, -0.15) is 5.26 Å². The summed E-state index contributed by atoms with van der Waals surface area (Å²) >= 11 is 0. The Hall–Kier alpha value is -3.07. The molecular formula is C16H14N2O4. The van der Waals surface area contributed by atoms with Gasteiger partial charge in [0.1, 0.15) is 11.4 Å². The van der Waals surface area contributed by atoms with Crippen LogP contribution in [0.2, 0.25) is 0 Å². The van der Waals surface area contributed by atoms with Gasteiger partial charge < -0.3 is 14.4 Å². The minimum absolute atomic E-state index is 0.201. The lowest BCUT2D eigenvalue weighted by atomic mass is 10.1. The zero-order valence-corrected chi connectivity index (χ0v) is 12.2. The smallest absolute Gasteiger partial charge is 0.309 e. The number of nitrogens with zero attached hydrogens (tertiary/aromatic N) is 2. The van der Waals surface area contributed by atoms with Gasteiger partial charge in [-0.05, 0) is 24.3 Å². The Balaban J connectivity index is 2.46. The summed E-state index contributed by atoms with van der Waals surface area (Å²) in [7, 11) is 3.05. The van der Waals surface area contributed by atoms with Crippen LogP contribution >= 0.6 is 0 Å². The normalized spacial score (nSPS) is 10.0. The Labute approximate surface area is 127 Å². The van der Waals surface area contributed by atoms with Crippen molar-refractivity contribution in [2.24, 2.45) is 7.05 Å². The Morgan fingerprint density at radius 2 is 1.95 bits per heavy atom. The number of hydrogen-bond acceptors (Lipinski definition) is 4. The van der Waals surface area contributed by atoms with Crippen molar-refractivity contribution in [1.82, 2.24) is 4.57 Å². The maximum atomic E-state index is 12.6. The number of aromatic nitrogens is 1. The van der Waals surface area contributed by atoms with Gasteiger partial charge in [-0.15, -0.1) is 0 Å². The van der Waals surface area contributed by atoms with Gasteiger partial charge in [0.2, 0.25) is 5.78 Å². The monoisotopic (exact) mass is 298 g/mol. The van der Waals surface area contributed by atoms with Gasteiger partial charge in [0.25, 0.3) is 0 Å². The second kappa shape index (κ2) is 6.14. The maximum absolute atomic E-state index is 12.6. The molecule has 0 atom stereocenters. The van der Waals surface area contributed by atoms with Gasteiger partial charge in [-0.1, -0.05) is 0 Å². The van der Waals surface area contributed by atoms with Gasteiger partial charge in [0, 0.05) is 24.4 Å². The SMILES string of the molecule is COc1cc(CC(=O)O)n(C)c1C(=O)c1ccc(C#N)cc1. The Morgan fingerprint density at radius 1 is 1.32 bits per heavy atom. The average molecular weight is 298 g/mol. The van der Waals surface area contributed by atoms with Crippen LogP contribution in [0.4, 0.5) is 0 Å². The molecule has 22 heavy (non-hydrogen) atoms. The van der Waals surface area contributed by atoms with E-state index in [1.165, 1.54) is 11.7 Å². The number of benzene rings is 1. The molecule has 1 heterocycles. The van der Waals surface area contributed by atoms with E-state index in [0.29, 0.717) is 22.6 Å². The summed E-state index contributed by atoms with van der Waals surface area (Å²) < 4.78 is 6.71. The van der Waals surface area contributed by atoms with Crippen LogP contribution < -0.4 is 4.74 Å². The maximum Gasteiger partial charge on any atom is 0.309 e. The van der Waals surface area contributed by atoms with E-state index in [9.17, 15) is 9.59 Å². The highest BCUT2D eigenvalue weighted by molar-refractivity contribution is 6.10. The van der Waals surface area contributed by atoms with Crippen LogP contribution in [-0.4, -0.2) is 28.5 Å². The molecule has 1 N–H and O–H groups in total. The van der Waals surface area contributed by atoms with E-state index in [0.717, 1.165) is 0 Å². The molecule has 6 nitrogen and oxygen atoms in total. The Kier molecular flexibility index (Phi) is 4.28. The molecule has 0 spiro atoms. The molecule has 0 saturated heterocycles. The number of carboxylic acids is 1. The highest BCUT2D eigenvalue weighted by Crippen LogP contribution is 2.26. The molecule has 0 aliphatic heterocycles. The molecule has 0 saturated carbocycles. The first-order valence-corrected chi connectivity index (χ1v) is 6.47. The number of carbonyl (C=O) groups is 2. The quantitative estimate of drug-likeness (QED) is 0.849. The number of rotatable bonds is 5. The minimum Gasteiger partial charge on any atom is -0.494 e. The molecule has 0 fully saturated rings. The predicted octanol–water partition coefficient (Wildman–Crippen LogP) is 1.76. The van der Waals surface area contributed by atoms with Crippen LogP contribution in [0.15, 0.2) is 30.3 Å². The van der Waals surface area contributed by atoms with E-state index < -0.39 is 5.97 Å². The standard InChI is InChI=1S/C16H14N2O4/c1-18-12(8-14(19)20)7-13(22-2)15(18)16(21)11-5-3-10(9-17)4-6-11/h3-7H,8H2,1-2H3,(H,19,20). The molecule has 0 aliphatic rings. The lowest BCUT2D eigenvalue weighted by Crippen LogP contribution is -2.12. The predicted molar refractivity (Wildman–Crippen MR) is 77.9 cm³/mol. The van der Waals surface area contributed by atoms with E-state index in [1.807, 2.05) is 6.07 Å². The topological polar surface area (TPSA) is 92.3 Å². The van der Waals surface area contributed by atoms with Gasteiger partial charge in [0.05, 0.1) is 25.2 Å². The molecular weight excluding hydrogens is 284 g/mol. The number of carbonyl (C=O) groups excluding carboxylic acids is 1. The number of carboxylic acid groups (broad SMARTS) is 1. The molecule has 2 rings (SSSR count). The highest BCUT2D eigenvalue weighted by Gasteiger charge is 2.22. The van der Waals surface area contributed by atoms with Crippen molar-refractivity contribution >= 4 is 11.8 Å². The van der Waals surface area contributed by atoms with Gasteiger partial charge in [-0.25, -0.2) is 0 Å².